The van der Waals surface area contributed by atoms with Gasteiger partial charge in [0.1, 0.15) is 6.10 Å². The summed E-state index contributed by atoms with van der Waals surface area (Å²) in [5.74, 6) is -0.213. The number of aliphatic hydroxyl groups is 1. The first-order chi connectivity index (χ1) is 10.7. The SMILES string of the molecule is C=CCC1C(=O)OC1CC(O)CCCCCCCCCCC. The lowest BCUT2D eigenvalue weighted by molar-refractivity contribution is -0.187. The van der Waals surface area contributed by atoms with Gasteiger partial charge in [-0.25, -0.2) is 0 Å². The predicted octanol–water partition coefficient (Wildman–Crippen LogP) is 4.78. The number of aliphatic hydroxyl groups excluding tert-OH is 1. The van der Waals surface area contributed by atoms with Crippen molar-refractivity contribution in [3.63, 3.8) is 0 Å². The van der Waals surface area contributed by atoms with Crippen molar-refractivity contribution in [1.29, 1.82) is 0 Å². The first kappa shape index (κ1) is 19.2. The summed E-state index contributed by atoms with van der Waals surface area (Å²) in [4.78, 5) is 11.3. The molecular weight excluding hydrogens is 276 g/mol. The molecule has 1 aliphatic rings. The zero-order valence-electron chi connectivity index (χ0n) is 14.3. The highest BCUT2D eigenvalue weighted by Crippen LogP contribution is 2.30. The molecule has 1 rings (SSSR count). The highest BCUT2D eigenvalue weighted by Gasteiger charge is 2.41. The molecule has 1 fully saturated rings. The van der Waals surface area contributed by atoms with E-state index in [0.29, 0.717) is 12.8 Å². The maximum absolute atomic E-state index is 11.3. The molecule has 3 unspecified atom stereocenters. The highest BCUT2D eigenvalue weighted by molar-refractivity contribution is 5.78. The van der Waals surface area contributed by atoms with E-state index in [4.69, 9.17) is 4.74 Å². The lowest BCUT2D eigenvalue weighted by Crippen LogP contribution is -2.46. The fourth-order valence-corrected chi connectivity index (χ4v) is 3.11. The number of hydrogen-bond donors (Lipinski definition) is 1. The van der Waals surface area contributed by atoms with Crippen molar-refractivity contribution in [1.82, 2.24) is 0 Å². The Morgan fingerprint density at radius 2 is 1.73 bits per heavy atom. The van der Waals surface area contributed by atoms with Gasteiger partial charge in [-0.2, -0.15) is 0 Å². The monoisotopic (exact) mass is 310 g/mol. The molecule has 0 aromatic heterocycles. The summed E-state index contributed by atoms with van der Waals surface area (Å²) in [6.07, 6.45) is 15.0. The Morgan fingerprint density at radius 1 is 1.14 bits per heavy atom. The number of hydrogen-bond acceptors (Lipinski definition) is 3. The van der Waals surface area contributed by atoms with E-state index in [1.54, 1.807) is 6.08 Å². The van der Waals surface area contributed by atoms with E-state index in [0.717, 1.165) is 12.8 Å². The maximum atomic E-state index is 11.3. The second-order valence-corrected chi connectivity index (χ2v) is 6.61. The third kappa shape index (κ3) is 7.44. The molecule has 0 aliphatic carbocycles. The molecule has 3 nitrogen and oxygen atoms in total. The van der Waals surface area contributed by atoms with Gasteiger partial charge in [0, 0.05) is 6.42 Å². The van der Waals surface area contributed by atoms with Crippen molar-refractivity contribution in [3.8, 4) is 0 Å². The quantitative estimate of drug-likeness (QED) is 0.285. The number of esters is 1. The fourth-order valence-electron chi connectivity index (χ4n) is 3.11. The molecule has 1 saturated heterocycles. The summed E-state index contributed by atoms with van der Waals surface area (Å²) in [6, 6.07) is 0. The molecule has 0 bridgehead atoms. The van der Waals surface area contributed by atoms with E-state index in [-0.39, 0.29) is 24.1 Å². The lowest BCUT2D eigenvalue weighted by atomic mass is 9.88. The van der Waals surface area contributed by atoms with E-state index >= 15 is 0 Å². The average molecular weight is 310 g/mol. The Labute approximate surface area is 136 Å². The Kier molecular flexibility index (Phi) is 10.2. The molecule has 1 aliphatic heterocycles. The van der Waals surface area contributed by atoms with Crippen LogP contribution in [0.5, 0.6) is 0 Å². The highest BCUT2D eigenvalue weighted by atomic mass is 16.6. The largest absolute Gasteiger partial charge is 0.461 e. The number of carbonyl (C=O) groups is 1. The molecule has 22 heavy (non-hydrogen) atoms. The van der Waals surface area contributed by atoms with Crippen LogP contribution in [-0.2, 0) is 9.53 Å². The van der Waals surface area contributed by atoms with Crippen LogP contribution >= 0.6 is 0 Å². The van der Waals surface area contributed by atoms with Crippen LogP contribution in [0.15, 0.2) is 12.7 Å². The summed E-state index contributed by atoms with van der Waals surface area (Å²) in [6.45, 7) is 5.91. The second-order valence-electron chi connectivity index (χ2n) is 6.61. The van der Waals surface area contributed by atoms with E-state index in [1.807, 2.05) is 0 Å². The van der Waals surface area contributed by atoms with Gasteiger partial charge >= 0.3 is 5.97 Å². The van der Waals surface area contributed by atoms with Gasteiger partial charge in [0.15, 0.2) is 0 Å². The number of unbranched alkanes of at least 4 members (excludes halogenated alkanes) is 8. The van der Waals surface area contributed by atoms with E-state index in [9.17, 15) is 9.90 Å². The summed E-state index contributed by atoms with van der Waals surface area (Å²) < 4.78 is 5.12. The molecule has 0 radical (unpaired) electrons. The van der Waals surface area contributed by atoms with Gasteiger partial charge in [-0.1, -0.05) is 70.8 Å². The molecule has 0 aromatic rings. The molecule has 0 aromatic carbocycles. The van der Waals surface area contributed by atoms with Gasteiger partial charge in [0.05, 0.1) is 12.0 Å². The Bertz CT molecular complexity index is 314. The van der Waals surface area contributed by atoms with Gasteiger partial charge in [-0.15, -0.1) is 6.58 Å². The van der Waals surface area contributed by atoms with Crippen LogP contribution in [0.2, 0.25) is 0 Å². The standard InChI is InChI=1S/C19H34O3/c1-3-5-6-7-8-9-10-11-12-14-16(20)15-18-17(13-4-2)19(21)22-18/h4,16-18,20H,2-3,5-15H2,1H3. The van der Waals surface area contributed by atoms with E-state index in [2.05, 4.69) is 13.5 Å². The Hall–Kier alpha value is -0.830. The molecule has 3 atom stereocenters. The summed E-state index contributed by atoms with van der Waals surface area (Å²) in [5, 5.41) is 10.0. The second kappa shape index (κ2) is 11.7. The first-order valence-electron chi connectivity index (χ1n) is 9.18. The van der Waals surface area contributed by atoms with Gasteiger partial charge in [-0.3, -0.25) is 4.79 Å². The zero-order valence-corrected chi connectivity index (χ0v) is 14.3. The minimum absolute atomic E-state index is 0.0738. The minimum atomic E-state index is -0.338. The molecule has 0 spiro atoms. The minimum Gasteiger partial charge on any atom is -0.461 e. The number of allylic oxidation sites excluding steroid dienone is 1. The van der Waals surface area contributed by atoms with E-state index in [1.165, 1.54) is 51.4 Å². The number of carbonyl (C=O) groups excluding carboxylic acids is 1. The fraction of sp³-hybridized carbons (Fsp3) is 0.842. The van der Waals surface area contributed by atoms with Crippen molar-refractivity contribution >= 4 is 5.97 Å². The number of rotatable bonds is 14. The Balaban J connectivity index is 1.94. The lowest BCUT2D eigenvalue weighted by Gasteiger charge is -2.35. The third-order valence-electron chi connectivity index (χ3n) is 4.58. The topological polar surface area (TPSA) is 46.5 Å². The Morgan fingerprint density at radius 3 is 2.27 bits per heavy atom. The van der Waals surface area contributed by atoms with Crippen LogP contribution in [0, 0.1) is 5.92 Å². The number of ether oxygens (including phenoxy) is 1. The van der Waals surface area contributed by atoms with Crippen LogP contribution in [0.25, 0.3) is 0 Å². The molecule has 128 valence electrons. The van der Waals surface area contributed by atoms with Crippen molar-refractivity contribution in [2.75, 3.05) is 0 Å². The van der Waals surface area contributed by atoms with Gasteiger partial charge in [-0.05, 0) is 12.8 Å². The third-order valence-corrected chi connectivity index (χ3v) is 4.58. The normalized spacial score (nSPS) is 22.0. The molecular formula is C19H34O3. The molecule has 1 heterocycles. The summed E-state index contributed by atoms with van der Waals surface area (Å²) in [7, 11) is 0. The summed E-state index contributed by atoms with van der Waals surface area (Å²) >= 11 is 0. The van der Waals surface area contributed by atoms with Crippen LogP contribution in [0.1, 0.15) is 84.0 Å². The van der Waals surface area contributed by atoms with E-state index < -0.39 is 0 Å². The summed E-state index contributed by atoms with van der Waals surface area (Å²) in [5.41, 5.74) is 0. The molecule has 0 amide bonds. The zero-order chi connectivity index (χ0) is 16.2. The number of cyclic esters (lactones) is 1. The molecule has 0 saturated carbocycles. The van der Waals surface area contributed by atoms with Crippen molar-refractivity contribution in [3.05, 3.63) is 12.7 Å². The van der Waals surface area contributed by atoms with Crippen LogP contribution in [0.3, 0.4) is 0 Å². The van der Waals surface area contributed by atoms with Crippen molar-refractivity contribution in [2.24, 2.45) is 5.92 Å². The smallest absolute Gasteiger partial charge is 0.313 e. The van der Waals surface area contributed by atoms with Gasteiger partial charge < -0.3 is 9.84 Å². The maximum Gasteiger partial charge on any atom is 0.313 e. The van der Waals surface area contributed by atoms with Gasteiger partial charge in [0.2, 0.25) is 0 Å². The van der Waals surface area contributed by atoms with Crippen molar-refractivity contribution in [2.45, 2.75) is 96.2 Å². The van der Waals surface area contributed by atoms with Gasteiger partial charge in [0.25, 0.3) is 0 Å². The first-order valence-corrected chi connectivity index (χ1v) is 9.18. The van der Waals surface area contributed by atoms with Crippen molar-refractivity contribution < 1.29 is 14.6 Å². The van der Waals surface area contributed by atoms with Crippen LogP contribution in [0.4, 0.5) is 0 Å². The average Bonchev–Trinajstić information content (AvgIpc) is 2.50. The van der Waals surface area contributed by atoms with Crippen LogP contribution in [-0.4, -0.2) is 23.3 Å². The van der Waals surface area contributed by atoms with Crippen LogP contribution < -0.4 is 0 Å². The molecule has 1 N–H and O–H groups in total. The molecule has 3 heteroatoms. The predicted molar refractivity (Wildman–Crippen MR) is 90.7 cm³/mol.